The molecule has 0 saturated carbocycles. The minimum Gasteiger partial charge on any atom is -0.504 e. The molecule has 8 heteroatoms. The first-order valence-electron chi connectivity index (χ1n) is 7.70. The van der Waals surface area contributed by atoms with Gasteiger partial charge in [-0.05, 0) is 35.7 Å². The molecule has 2 heterocycles. The molecule has 0 radical (unpaired) electrons. The average molecular weight is 373 g/mol. The Bertz CT molecular complexity index is 1260. The Kier molecular flexibility index (Phi) is 3.59. The molecule has 136 valence electrons. The van der Waals surface area contributed by atoms with Gasteiger partial charge in [-0.2, -0.15) is 13.2 Å². The van der Waals surface area contributed by atoms with E-state index in [1.165, 1.54) is 12.1 Å². The second-order valence-electron chi connectivity index (χ2n) is 5.88. The second kappa shape index (κ2) is 5.73. The summed E-state index contributed by atoms with van der Waals surface area (Å²) in [6.45, 7) is 0. The number of nitrogens with zero attached hydrogens (tertiary/aromatic N) is 1. The molecule has 0 unspecified atom stereocenters. The zero-order valence-corrected chi connectivity index (χ0v) is 13.4. The van der Waals surface area contributed by atoms with Gasteiger partial charge in [0.1, 0.15) is 11.8 Å². The van der Waals surface area contributed by atoms with Crippen LogP contribution in [-0.4, -0.2) is 15.2 Å². The van der Waals surface area contributed by atoms with E-state index in [-0.39, 0.29) is 27.7 Å². The highest BCUT2D eigenvalue weighted by Crippen LogP contribution is 2.37. The SMILES string of the molecule is O=c1c(-c2ncccc2C(F)(F)F)coc2ccc3cc(O)c(O)cc3c12. The van der Waals surface area contributed by atoms with E-state index >= 15 is 0 Å². The first kappa shape index (κ1) is 16.9. The number of benzene rings is 2. The molecule has 2 aromatic heterocycles. The van der Waals surface area contributed by atoms with Crippen molar-refractivity contribution in [1.82, 2.24) is 4.98 Å². The Morgan fingerprint density at radius 1 is 1.04 bits per heavy atom. The van der Waals surface area contributed by atoms with Crippen LogP contribution in [0.5, 0.6) is 11.5 Å². The molecule has 2 N–H and O–H groups in total. The molecule has 4 rings (SSSR count). The van der Waals surface area contributed by atoms with Crippen LogP contribution in [0.3, 0.4) is 0 Å². The predicted molar refractivity (Wildman–Crippen MR) is 91.6 cm³/mol. The molecule has 0 aliphatic heterocycles. The van der Waals surface area contributed by atoms with Crippen LogP contribution in [-0.2, 0) is 6.18 Å². The lowest BCUT2D eigenvalue weighted by atomic mass is 10.0. The highest BCUT2D eigenvalue weighted by atomic mass is 19.4. The van der Waals surface area contributed by atoms with Gasteiger partial charge in [0.25, 0.3) is 0 Å². The average Bonchev–Trinajstić information content (AvgIpc) is 2.62. The summed E-state index contributed by atoms with van der Waals surface area (Å²) in [5.41, 5.74) is -2.55. The molecule has 5 nitrogen and oxygen atoms in total. The van der Waals surface area contributed by atoms with E-state index in [1.807, 2.05) is 0 Å². The van der Waals surface area contributed by atoms with Gasteiger partial charge in [-0.15, -0.1) is 0 Å². The minimum absolute atomic E-state index is 0.0147. The number of hydrogen-bond donors (Lipinski definition) is 2. The fraction of sp³-hybridized carbons (Fsp3) is 0.0526. The van der Waals surface area contributed by atoms with E-state index in [0.717, 1.165) is 30.7 Å². The number of hydrogen-bond acceptors (Lipinski definition) is 5. The smallest absolute Gasteiger partial charge is 0.418 e. The summed E-state index contributed by atoms with van der Waals surface area (Å²) < 4.78 is 45.3. The van der Waals surface area contributed by atoms with E-state index in [4.69, 9.17) is 4.42 Å². The number of aromatic hydroxyl groups is 2. The van der Waals surface area contributed by atoms with Gasteiger partial charge in [-0.1, -0.05) is 6.07 Å². The highest BCUT2D eigenvalue weighted by molar-refractivity contribution is 6.07. The number of phenolic OH excluding ortho intramolecular Hbond substituents is 2. The molecule has 0 atom stereocenters. The van der Waals surface area contributed by atoms with Crippen molar-refractivity contribution in [3.8, 4) is 22.8 Å². The standard InChI is InChI=1S/C19H10F3NO4/c20-19(21,22)12-2-1-5-23-17(12)11-8-27-15-4-3-9-6-13(24)14(25)7-10(9)16(15)18(11)26/h1-8,24-25H. The molecule has 2 aromatic carbocycles. The first-order chi connectivity index (χ1) is 12.8. The van der Waals surface area contributed by atoms with Crippen LogP contribution in [0.1, 0.15) is 5.56 Å². The van der Waals surface area contributed by atoms with Crippen molar-refractivity contribution < 1.29 is 27.8 Å². The third-order valence-electron chi connectivity index (χ3n) is 4.22. The van der Waals surface area contributed by atoms with Gasteiger partial charge in [0, 0.05) is 11.6 Å². The summed E-state index contributed by atoms with van der Waals surface area (Å²) in [6, 6.07) is 7.39. The highest BCUT2D eigenvalue weighted by Gasteiger charge is 2.35. The number of fused-ring (bicyclic) bond motifs is 3. The number of alkyl halides is 3. The maximum absolute atomic E-state index is 13.3. The number of halogens is 3. The fourth-order valence-electron chi connectivity index (χ4n) is 2.98. The van der Waals surface area contributed by atoms with Crippen LogP contribution in [0, 0.1) is 0 Å². The van der Waals surface area contributed by atoms with Crippen LogP contribution >= 0.6 is 0 Å². The number of rotatable bonds is 1. The summed E-state index contributed by atoms with van der Waals surface area (Å²) in [5.74, 6) is -0.847. The fourth-order valence-corrected chi connectivity index (χ4v) is 2.98. The molecule has 27 heavy (non-hydrogen) atoms. The predicted octanol–water partition coefficient (Wildman–Crippen LogP) is 4.44. The number of phenols is 2. The molecule has 4 aromatic rings. The van der Waals surface area contributed by atoms with Gasteiger partial charge in [0.05, 0.1) is 22.2 Å². The van der Waals surface area contributed by atoms with Crippen LogP contribution in [0.4, 0.5) is 13.2 Å². The zero-order chi connectivity index (χ0) is 19.3. The molecular formula is C19H10F3NO4. The Morgan fingerprint density at radius 3 is 2.52 bits per heavy atom. The van der Waals surface area contributed by atoms with Gasteiger partial charge in [-0.25, -0.2) is 0 Å². The van der Waals surface area contributed by atoms with Gasteiger partial charge in [0.15, 0.2) is 11.5 Å². The van der Waals surface area contributed by atoms with Crippen LogP contribution < -0.4 is 5.43 Å². The molecular weight excluding hydrogens is 363 g/mol. The van der Waals surface area contributed by atoms with Gasteiger partial charge < -0.3 is 14.6 Å². The summed E-state index contributed by atoms with van der Waals surface area (Å²) >= 11 is 0. The lowest BCUT2D eigenvalue weighted by Crippen LogP contribution is -2.13. The normalized spacial score (nSPS) is 12.0. The monoisotopic (exact) mass is 373 g/mol. The molecule has 0 aliphatic carbocycles. The van der Waals surface area contributed by atoms with Crippen LogP contribution in [0.25, 0.3) is 33.0 Å². The third kappa shape index (κ3) is 2.66. The first-order valence-corrected chi connectivity index (χ1v) is 7.70. The Balaban J connectivity index is 2.11. The van der Waals surface area contributed by atoms with Crippen LogP contribution in [0.15, 0.2) is 58.1 Å². The minimum atomic E-state index is -4.70. The van der Waals surface area contributed by atoms with Crippen molar-refractivity contribution in [2.45, 2.75) is 6.18 Å². The quantitative estimate of drug-likeness (QED) is 0.381. The molecule has 0 bridgehead atoms. The maximum atomic E-state index is 13.3. The van der Waals surface area contributed by atoms with E-state index in [2.05, 4.69) is 4.98 Å². The lowest BCUT2D eigenvalue weighted by Gasteiger charge is -2.12. The summed E-state index contributed by atoms with van der Waals surface area (Å²) in [7, 11) is 0. The zero-order valence-electron chi connectivity index (χ0n) is 13.4. The van der Waals surface area contributed by atoms with E-state index in [1.54, 1.807) is 6.07 Å². The second-order valence-corrected chi connectivity index (χ2v) is 5.88. The van der Waals surface area contributed by atoms with E-state index in [0.29, 0.717) is 5.39 Å². The molecule has 0 saturated heterocycles. The van der Waals surface area contributed by atoms with Crippen molar-refractivity contribution in [2.75, 3.05) is 0 Å². The van der Waals surface area contributed by atoms with Crippen molar-refractivity contribution in [3.63, 3.8) is 0 Å². The van der Waals surface area contributed by atoms with Gasteiger partial charge >= 0.3 is 6.18 Å². The lowest BCUT2D eigenvalue weighted by molar-refractivity contribution is -0.137. The van der Waals surface area contributed by atoms with Crippen molar-refractivity contribution in [2.24, 2.45) is 0 Å². The largest absolute Gasteiger partial charge is 0.504 e. The Labute approximate surface area is 148 Å². The summed E-state index contributed by atoms with van der Waals surface area (Å²) in [4.78, 5) is 16.7. The van der Waals surface area contributed by atoms with E-state index in [9.17, 15) is 28.2 Å². The Morgan fingerprint density at radius 2 is 1.78 bits per heavy atom. The maximum Gasteiger partial charge on any atom is 0.418 e. The number of pyridine rings is 1. The molecule has 0 fully saturated rings. The van der Waals surface area contributed by atoms with Crippen molar-refractivity contribution in [1.29, 1.82) is 0 Å². The molecule has 0 amide bonds. The van der Waals surface area contributed by atoms with Gasteiger partial charge in [0.2, 0.25) is 5.43 Å². The molecule has 0 spiro atoms. The molecule has 0 aliphatic rings. The van der Waals surface area contributed by atoms with Crippen molar-refractivity contribution in [3.05, 3.63) is 64.6 Å². The summed E-state index contributed by atoms with van der Waals surface area (Å²) in [6.07, 6.45) is -2.61. The third-order valence-corrected chi connectivity index (χ3v) is 4.22. The Hall–Kier alpha value is -3.55. The van der Waals surface area contributed by atoms with Gasteiger partial charge in [-0.3, -0.25) is 9.78 Å². The van der Waals surface area contributed by atoms with E-state index < -0.39 is 28.6 Å². The topological polar surface area (TPSA) is 83.6 Å². The van der Waals surface area contributed by atoms with Crippen LogP contribution in [0.2, 0.25) is 0 Å². The van der Waals surface area contributed by atoms with Crippen molar-refractivity contribution >= 4 is 21.7 Å². The number of aromatic nitrogens is 1. The summed E-state index contributed by atoms with van der Waals surface area (Å²) in [5, 5.41) is 20.0.